The van der Waals surface area contributed by atoms with Crippen molar-refractivity contribution in [3.8, 4) is 17.0 Å². The summed E-state index contributed by atoms with van der Waals surface area (Å²) in [5, 5.41) is 13.4. The maximum absolute atomic E-state index is 9.28. The molecule has 1 aliphatic rings. The lowest BCUT2D eigenvalue weighted by atomic mass is 9.98. The van der Waals surface area contributed by atoms with E-state index in [2.05, 4.69) is 5.16 Å². The molecule has 0 saturated carbocycles. The van der Waals surface area contributed by atoms with Crippen LogP contribution in [-0.4, -0.2) is 16.8 Å². The van der Waals surface area contributed by atoms with Gasteiger partial charge in [0.2, 0.25) is 0 Å². The van der Waals surface area contributed by atoms with Gasteiger partial charge in [-0.1, -0.05) is 5.16 Å². The fourth-order valence-electron chi connectivity index (χ4n) is 2.45. The summed E-state index contributed by atoms with van der Waals surface area (Å²) in [7, 11) is 0. The zero-order chi connectivity index (χ0) is 11.8. The van der Waals surface area contributed by atoms with Crippen LogP contribution in [0.25, 0.3) is 11.3 Å². The summed E-state index contributed by atoms with van der Waals surface area (Å²) in [4.78, 5) is 0. The van der Waals surface area contributed by atoms with Gasteiger partial charge in [0, 0.05) is 23.5 Å². The first-order chi connectivity index (χ1) is 8.29. The molecule has 88 valence electrons. The number of hydrogen-bond acceptors (Lipinski definition) is 4. The van der Waals surface area contributed by atoms with Gasteiger partial charge in [-0.25, -0.2) is 0 Å². The normalized spacial score (nSPS) is 18.3. The topological polar surface area (TPSA) is 72.3 Å². The van der Waals surface area contributed by atoms with Crippen molar-refractivity contribution < 1.29 is 9.63 Å². The molecule has 1 aromatic heterocycles. The van der Waals surface area contributed by atoms with Crippen LogP contribution in [0.1, 0.15) is 23.7 Å². The molecule has 4 heteroatoms. The Balaban J connectivity index is 2.07. The maximum atomic E-state index is 9.28. The van der Waals surface area contributed by atoms with Crippen LogP contribution in [0.5, 0.6) is 5.75 Å². The van der Waals surface area contributed by atoms with E-state index in [-0.39, 0.29) is 5.75 Å². The number of nitrogens with zero attached hydrogens (tertiary/aromatic N) is 1. The van der Waals surface area contributed by atoms with Gasteiger partial charge in [0.05, 0.1) is 0 Å². The van der Waals surface area contributed by atoms with Gasteiger partial charge in [0.1, 0.15) is 17.2 Å². The molecule has 1 unspecified atom stereocenters. The van der Waals surface area contributed by atoms with Crippen molar-refractivity contribution in [2.45, 2.75) is 18.8 Å². The lowest BCUT2D eigenvalue weighted by molar-refractivity contribution is 0.388. The van der Waals surface area contributed by atoms with Crippen LogP contribution in [0.2, 0.25) is 0 Å². The number of hydrogen-bond donors (Lipinski definition) is 2. The first-order valence-electron chi connectivity index (χ1n) is 5.77. The molecule has 3 rings (SSSR count). The Bertz CT molecular complexity index is 531. The predicted octanol–water partition coefficient (Wildman–Crippen LogP) is 2.04. The smallest absolute Gasteiger partial charge is 0.140 e. The van der Waals surface area contributed by atoms with E-state index in [1.54, 1.807) is 12.1 Å². The number of aromatic nitrogens is 1. The Morgan fingerprint density at radius 1 is 1.35 bits per heavy atom. The van der Waals surface area contributed by atoms with Crippen molar-refractivity contribution in [3.05, 3.63) is 35.6 Å². The van der Waals surface area contributed by atoms with E-state index in [1.165, 1.54) is 0 Å². The maximum Gasteiger partial charge on any atom is 0.140 e. The molecule has 0 fully saturated rings. The summed E-state index contributed by atoms with van der Waals surface area (Å²) >= 11 is 0. The number of aryl methyl sites for hydroxylation is 1. The van der Waals surface area contributed by atoms with Crippen LogP contribution in [0, 0.1) is 0 Å². The van der Waals surface area contributed by atoms with Crippen LogP contribution in [-0.2, 0) is 6.42 Å². The van der Waals surface area contributed by atoms with Gasteiger partial charge in [-0.05, 0) is 37.2 Å². The van der Waals surface area contributed by atoms with Crippen molar-refractivity contribution in [2.24, 2.45) is 5.73 Å². The largest absolute Gasteiger partial charge is 0.508 e. The highest BCUT2D eigenvalue weighted by molar-refractivity contribution is 5.65. The van der Waals surface area contributed by atoms with Gasteiger partial charge in [0.15, 0.2) is 0 Å². The SMILES string of the molecule is NCC1CCc2onc(-c3ccc(O)cc3)c21. The van der Waals surface area contributed by atoms with Gasteiger partial charge < -0.3 is 15.4 Å². The molecule has 4 nitrogen and oxygen atoms in total. The molecule has 0 aliphatic heterocycles. The molecule has 17 heavy (non-hydrogen) atoms. The summed E-state index contributed by atoms with van der Waals surface area (Å²) in [5.41, 5.74) is 8.75. The molecule has 3 N–H and O–H groups in total. The average Bonchev–Trinajstić information content (AvgIpc) is 2.91. The minimum atomic E-state index is 0.254. The Kier molecular flexibility index (Phi) is 2.37. The average molecular weight is 230 g/mol. The number of phenols is 1. The molecule has 0 saturated heterocycles. The van der Waals surface area contributed by atoms with Gasteiger partial charge in [-0.3, -0.25) is 0 Å². The summed E-state index contributed by atoms with van der Waals surface area (Å²) in [6.45, 7) is 0.624. The molecule has 1 aromatic carbocycles. The third-order valence-corrected chi connectivity index (χ3v) is 3.36. The second kappa shape index (κ2) is 3.89. The number of rotatable bonds is 2. The molecular formula is C13H14N2O2. The third kappa shape index (κ3) is 1.61. The summed E-state index contributed by atoms with van der Waals surface area (Å²) in [5.74, 6) is 1.56. The minimum Gasteiger partial charge on any atom is -0.508 e. The van der Waals surface area contributed by atoms with E-state index in [9.17, 15) is 5.11 Å². The molecule has 0 radical (unpaired) electrons. The van der Waals surface area contributed by atoms with E-state index in [1.807, 2.05) is 12.1 Å². The highest BCUT2D eigenvalue weighted by atomic mass is 16.5. The van der Waals surface area contributed by atoms with Crippen LogP contribution in [0.4, 0.5) is 0 Å². The van der Waals surface area contributed by atoms with Crippen molar-refractivity contribution in [2.75, 3.05) is 6.54 Å². The Morgan fingerprint density at radius 2 is 2.12 bits per heavy atom. The highest BCUT2D eigenvalue weighted by Gasteiger charge is 2.29. The summed E-state index contributed by atoms with van der Waals surface area (Å²) in [6, 6.07) is 7.00. The second-order valence-corrected chi connectivity index (χ2v) is 4.39. The zero-order valence-corrected chi connectivity index (χ0v) is 9.39. The first-order valence-corrected chi connectivity index (χ1v) is 5.77. The first kappa shape index (κ1) is 10.4. The molecule has 1 atom stereocenters. The third-order valence-electron chi connectivity index (χ3n) is 3.36. The fourth-order valence-corrected chi connectivity index (χ4v) is 2.45. The molecule has 0 spiro atoms. The summed E-state index contributed by atoms with van der Waals surface area (Å²) in [6.07, 6.45) is 1.96. The van der Waals surface area contributed by atoms with Crippen LogP contribution in [0.3, 0.4) is 0 Å². The van der Waals surface area contributed by atoms with Crippen molar-refractivity contribution in [1.82, 2.24) is 5.16 Å². The van der Waals surface area contributed by atoms with Gasteiger partial charge >= 0.3 is 0 Å². The standard InChI is InChI=1S/C13H14N2O2/c14-7-9-3-6-11-12(9)13(15-17-11)8-1-4-10(16)5-2-8/h1-2,4-5,9,16H,3,6-7,14H2. The number of phenolic OH excluding ortho intramolecular Hbond substituents is 1. The Labute approximate surface area is 99.0 Å². The van der Waals surface area contributed by atoms with Crippen molar-refractivity contribution in [3.63, 3.8) is 0 Å². The van der Waals surface area contributed by atoms with Crippen LogP contribution >= 0.6 is 0 Å². The molecule has 1 aliphatic carbocycles. The van der Waals surface area contributed by atoms with Crippen LogP contribution in [0.15, 0.2) is 28.8 Å². The second-order valence-electron chi connectivity index (χ2n) is 4.39. The zero-order valence-electron chi connectivity index (χ0n) is 9.39. The van der Waals surface area contributed by atoms with Gasteiger partial charge in [-0.15, -0.1) is 0 Å². The summed E-state index contributed by atoms with van der Waals surface area (Å²) < 4.78 is 5.36. The fraction of sp³-hybridized carbons (Fsp3) is 0.308. The van der Waals surface area contributed by atoms with Gasteiger partial charge in [0.25, 0.3) is 0 Å². The van der Waals surface area contributed by atoms with Crippen molar-refractivity contribution >= 4 is 0 Å². The number of fused-ring (bicyclic) bond motifs is 1. The Morgan fingerprint density at radius 3 is 2.82 bits per heavy atom. The molecule has 1 heterocycles. The minimum absolute atomic E-state index is 0.254. The number of aromatic hydroxyl groups is 1. The molecular weight excluding hydrogens is 216 g/mol. The number of benzene rings is 1. The molecule has 0 bridgehead atoms. The van der Waals surface area contributed by atoms with E-state index >= 15 is 0 Å². The van der Waals surface area contributed by atoms with E-state index in [4.69, 9.17) is 10.3 Å². The Hall–Kier alpha value is -1.81. The lowest BCUT2D eigenvalue weighted by Gasteiger charge is -2.07. The lowest BCUT2D eigenvalue weighted by Crippen LogP contribution is -2.09. The van der Waals surface area contributed by atoms with Crippen molar-refractivity contribution in [1.29, 1.82) is 0 Å². The monoisotopic (exact) mass is 230 g/mol. The molecule has 2 aromatic rings. The molecule has 0 amide bonds. The van der Waals surface area contributed by atoms with Crippen LogP contribution < -0.4 is 5.73 Å². The van der Waals surface area contributed by atoms with E-state index in [0.29, 0.717) is 12.5 Å². The van der Waals surface area contributed by atoms with Gasteiger partial charge in [-0.2, -0.15) is 0 Å². The number of nitrogens with two attached hydrogens (primary N) is 1. The predicted molar refractivity (Wildman–Crippen MR) is 63.7 cm³/mol. The highest BCUT2D eigenvalue weighted by Crippen LogP contribution is 2.39. The van der Waals surface area contributed by atoms with E-state index in [0.717, 1.165) is 35.4 Å². The quantitative estimate of drug-likeness (QED) is 0.828. The van der Waals surface area contributed by atoms with E-state index < -0.39 is 0 Å².